The van der Waals surface area contributed by atoms with Gasteiger partial charge in [-0.1, -0.05) is 249 Å². The fourth-order valence-corrected chi connectivity index (χ4v) is 14.8. The lowest BCUT2D eigenvalue weighted by Gasteiger charge is -2.45. The summed E-state index contributed by atoms with van der Waals surface area (Å²) in [6, 6.07) is 86.8. The molecule has 0 radical (unpaired) electrons. The Hall–Kier alpha value is -9.32. The Kier molecular flexibility index (Phi) is 13.0. The van der Waals surface area contributed by atoms with Crippen LogP contribution in [0.15, 0.2) is 231 Å². The summed E-state index contributed by atoms with van der Waals surface area (Å²) in [4.78, 5) is 5.09. The van der Waals surface area contributed by atoms with Gasteiger partial charge in [-0.3, -0.25) is 0 Å². The summed E-state index contributed by atoms with van der Waals surface area (Å²) in [5.74, 6) is 0. The molecule has 0 saturated carbocycles. The monoisotopic (exact) mass is 1200 g/mol. The van der Waals surface area contributed by atoms with Gasteiger partial charge < -0.3 is 18.9 Å². The minimum atomic E-state index is -1.82. The molecule has 92 heavy (non-hydrogen) atoms. The van der Waals surface area contributed by atoms with Crippen molar-refractivity contribution in [3.05, 3.63) is 258 Å². The van der Waals surface area contributed by atoms with Crippen LogP contribution in [0.5, 0.6) is 0 Å². The van der Waals surface area contributed by atoms with E-state index in [9.17, 15) is 2.74 Å². The molecule has 4 nitrogen and oxygen atoms in total. The minimum absolute atomic E-state index is 0.109. The molecule has 456 valence electrons. The van der Waals surface area contributed by atoms with E-state index in [1.165, 1.54) is 54.7 Å². The molecule has 2 aliphatic heterocycles. The van der Waals surface area contributed by atoms with Crippen LogP contribution in [-0.4, -0.2) is 15.8 Å². The molecule has 2 aromatic heterocycles. The third kappa shape index (κ3) is 9.88. The van der Waals surface area contributed by atoms with E-state index in [0.717, 1.165) is 95.3 Å². The summed E-state index contributed by atoms with van der Waals surface area (Å²) in [7, 11) is 0. The third-order valence-corrected chi connectivity index (χ3v) is 19.5. The number of anilines is 6. The van der Waals surface area contributed by atoms with Crippen LogP contribution >= 0.6 is 0 Å². The summed E-state index contributed by atoms with van der Waals surface area (Å²) in [5.41, 5.74) is 25.0. The Morgan fingerprint density at radius 1 is 0.315 bits per heavy atom. The van der Waals surface area contributed by atoms with Gasteiger partial charge in [0, 0.05) is 69.5 Å². The van der Waals surface area contributed by atoms with E-state index in [-0.39, 0.29) is 28.4 Å². The molecule has 15 rings (SSSR count). The normalized spacial score (nSPS) is 14.1. The smallest absolute Gasteiger partial charge is 0.252 e. The van der Waals surface area contributed by atoms with Crippen molar-refractivity contribution >= 4 is 101 Å². The van der Waals surface area contributed by atoms with E-state index in [1.54, 1.807) is 0 Å². The summed E-state index contributed by atoms with van der Waals surface area (Å²) in [6.07, 6.45) is -1.82. The van der Waals surface area contributed by atoms with Gasteiger partial charge in [-0.25, -0.2) is 0 Å². The molecule has 13 aromatic rings. The van der Waals surface area contributed by atoms with E-state index in [2.05, 4.69) is 333 Å². The van der Waals surface area contributed by atoms with E-state index < -0.39 is 11.8 Å². The SMILES string of the molecule is [2H]C([2H])(c1cc2c3c(c1)N(c1ccc(C(C)(C)C)cc1-c1cccc(C(C)(C)C)c1)c1cc(-n4c5ccccc5c5ccccc54)ccc1B3c1ccc(-n3c4ccccc4c4ccccc43)cc1N2c1ccc(C(C)(C)C)cc1-c1cccc(C(C)(C)C)c1)C(C)(C)C. The Labute approximate surface area is 548 Å². The first-order chi connectivity index (χ1) is 44.6. The second kappa shape index (κ2) is 21.1. The maximum atomic E-state index is 10.6. The molecular weight excluding hydrogens is 1110 g/mol. The minimum Gasteiger partial charge on any atom is -0.311 e. The Bertz CT molecular complexity index is 4820. The Morgan fingerprint density at radius 3 is 1.01 bits per heavy atom. The summed E-state index contributed by atoms with van der Waals surface area (Å²) < 4.78 is 26.1. The average molecular weight is 1200 g/mol. The number of rotatable bonds is 7. The van der Waals surface area contributed by atoms with Crippen LogP contribution in [-0.2, 0) is 28.0 Å². The predicted octanol–water partition coefficient (Wildman–Crippen LogP) is 22.1. The molecule has 0 spiro atoms. The first-order valence-corrected chi connectivity index (χ1v) is 33.1. The fraction of sp³-hybridized carbons (Fsp3) is 0.241. The lowest BCUT2D eigenvalue weighted by Crippen LogP contribution is -2.61. The van der Waals surface area contributed by atoms with Crippen LogP contribution in [0.2, 0.25) is 0 Å². The van der Waals surface area contributed by atoms with Crippen LogP contribution in [0.25, 0.3) is 77.2 Å². The standard InChI is InChI=1S/C87H85BN4/c1-83(2,3)54-55-46-80-82-81(47-55)92(77-45-39-61(87(13,14)15)51-69(77)57-27-25-29-59(49-57)85(7,8)9)79-53-63(90-74-36-22-18-32-66(74)67-33-19-23-37-75(67)90)41-43-71(79)88(82)70-42-40-62(89-72-34-20-16-30-64(72)65-31-17-21-35-73(65)89)52-78(70)91(80)76-44-38-60(86(10,11)12)50-68(76)56-26-24-28-58(48-56)84(4,5)6/h16-53H,54H2,1-15H3/i54D2. The number of benzene rings is 11. The molecule has 2 aliphatic rings. The number of nitrogens with zero attached hydrogens (tertiary/aromatic N) is 4. The first-order valence-electron chi connectivity index (χ1n) is 34.1. The number of aromatic nitrogens is 2. The van der Waals surface area contributed by atoms with E-state index in [1.807, 2.05) is 20.8 Å². The number of hydrogen-bond acceptors (Lipinski definition) is 2. The maximum Gasteiger partial charge on any atom is 0.252 e. The maximum absolute atomic E-state index is 10.6. The largest absolute Gasteiger partial charge is 0.311 e. The van der Waals surface area contributed by atoms with E-state index >= 15 is 0 Å². The van der Waals surface area contributed by atoms with Crippen LogP contribution in [0.4, 0.5) is 34.1 Å². The molecule has 0 amide bonds. The first kappa shape index (κ1) is 56.7. The molecule has 0 atom stereocenters. The van der Waals surface area contributed by atoms with Gasteiger partial charge in [0.2, 0.25) is 0 Å². The third-order valence-electron chi connectivity index (χ3n) is 19.5. The van der Waals surface area contributed by atoms with Crippen molar-refractivity contribution < 1.29 is 2.74 Å². The molecule has 0 N–H and O–H groups in total. The van der Waals surface area contributed by atoms with Crippen LogP contribution in [0.3, 0.4) is 0 Å². The highest BCUT2D eigenvalue weighted by Gasteiger charge is 2.45. The van der Waals surface area contributed by atoms with Gasteiger partial charge in [0.25, 0.3) is 6.71 Å². The zero-order valence-corrected chi connectivity index (χ0v) is 56.3. The van der Waals surface area contributed by atoms with Crippen LogP contribution in [0.1, 0.15) is 134 Å². The molecule has 0 fully saturated rings. The predicted molar refractivity (Wildman–Crippen MR) is 398 cm³/mol. The average Bonchev–Trinajstić information content (AvgIpc) is 0.837. The number of hydrogen-bond donors (Lipinski definition) is 0. The zero-order valence-electron chi connectivity index (χ0n) is 58.3. The lowest BCUT2D eigenvalue weighted by atomic mass is 9.33. The van der Waals surface area contributed by atoms with Crippen molar-refractivity contribution in [2.45, 2.75) is 132 Å². The van der Waals surface area contributed by atoms with Gasteiger partial charge in [-0.15, -0.1) is 0 Å². The molecule has 0 bridgehead atoms. The van der Waals surface area contributed by atoms with E-state index in [0.29, 0.717) is 5.56 Å². The van der Waals surface area contributed by atoms with Gasteiger partial charge in [0.05, 0.1) is 33.4 Å². The van der Waals surface area contributed by atoms with Crippen molar-refractivity contribution in [1.29, 1.82) is 0 Å². The molecule has 11 aromatic carbocycles. The summed E-state index contributed by atoms with van der Waals surface area (Å²) in [5, 5.41) is 4.82. The van der Waals surface area contributed by atoms with E-state index in [4.69, 9.17) is 0 Å². The van der Waals surface area contributed by atoms with Crippen LogP contribution in [0, 0.1) is 5.41 Å². The Morgan fingerprint density at radius 2 is 0.663 bits per heavy atom. The van der Waals surface area contributed by atoms with Crippen molar-refractivity contribution in [3.8, 4) is 33.6 Å². The van der Waals surface area contributed by atoms with Crippen molar-refractivity contribution in [3.63, 3.8) is 0 Å². The molecule has 4 heterocycles. The molecule has 0 aliphatic carbocycles. The zero-order chi connectivity index (χ0) is 65.9. The Balaban J connectivity index is 1.12. The van der Waals surface area contributed by atoms with Gasteiger partial charge in [-0.05, 0) is 174 Å². The van der Waals surface area contributed by atoms with Crippen LogP contribution < -0.4 is 26.2 Å². The number of fused-ring (bicyclic) bond motifs is 10. The van der Waals surface area contributed by atoms with Crippen molar-refractivity contribution in [1.82, 2.24) is 9.13 Å². The van der Waals surface area contributed by atoms with Gasteiger partial charge in [-0.2, -0.15) is 0 Å². The lowest BCUT2D eigenvalue weighted by molar-refractivity contribution is 0.411. The van der Waals surface area contributed by atoms with Crippen molar-refractivity contribution in [2.75, 3.05) is 9.80 Å². The quantitative estimate of drug-likeness (QED) is 0.148. The molecule has 0 saturated heterocycles. The fourth-order valence-electron chi connectivity index (χ4n) is 14.8. The number of para-hydroxylation sites is 4. The highest BCUT2D eigenvalue weighted by molar-refractivity contribution is 7.00. The molecular formula is C87H85BN4. The van der Waals surface area contributed by atoms with Crippen molar-refractivity contribution in [2.24, 2.45) is 5.41 Å². The summed E-state index contributed by atoms with van der Waals surface area (Å²) >= 11 is 0. The molecule has 0 unspecified atom stereocenters. The molecule has 5 heteroatoms. The second-order valence-electron chi connectivity index (χ2n) is 31.3. The van der Waals surface area contributed by atoms with Gasteiger partial charge in [0.1, 0.15) is 0 Å². The highest BCUT2D eigenvalue weighted by Crippen LogP contribution is 2.52. The second-order valence-corrected chi connectivity index (χ2v) is 31.3. The van der Waals surface area contributed by atoms with Gasteiger partial charge >= 0.3 is 0 Å². The topological polar surface area (TPSA) is 16.3 Å². The van der Waals surface area contributed by atoms with Gasteiger partial charge in [0.15, 0.2) is 0 Å². The highest BCUT2D eigenvalue weighted by atomic mass is 15.2. The summed E-state index contributed by atoms with van der Waals surface area (Å²) in [6.45, 7) is 33.5.